The molecule has 1 aromatic carbocycles. The maximum absolute atomic E-state index is 5.85. The molecule has 0 amide bonds. The molecule has 1 aliphatic carbocycles. The highest BCUT2D eigenvalue weighted by Gasteiger charge is 2.19. The van der Waals surface area contributed by atoms with Gasteiger partial charge in [-0.2, -0.15) is 0 Å². The highest BCUT2D eigenvalue weighted by Crippen LogP contribution is 2.33. The monoisotopic (exact) mass is 204 g/mol. The molecule has 1 aromatic rings. The summed E-state index contributed by atoms with van der Waals surface area (Å²) in [6.45, 7) is 2.02. The average molecular weight is 204 g/mol. The van der Waals surface area contributed by atoms with E-state index < -0.39 is 0 Å². The SMILES string of the molecule is Nc1ccccc1CNCCCC1CC1. The summed E-state index contributed by atoms with van der Waals surface area (Å²) < 4.78 is 0. The van der Waals surface area contributed by atoms with E-state index in [0.717, 1.165) is 24.7 Å². The minimum absolute atomic E-state index is 0.896. The predicted molar refractivity (Wildman–Crippen MR) is 64.5 cm³/mol. The topological polar surface area (TPSA) is 38.0 Å². The zero-order valence-corrected chi connectivity index (χ0v) is 9.21. The van der Waals surface area contributed by atoms with Gasteiger partial charge in [0.2, 0.25) is 0 Å². The number of anilines is 1. The Kier molecular flexibility index (Phi) is 3.62. The van der Waals surface area contributed by atoms with Gasteiger partial charge in [-0.25, -0.2) is 0 Å². The summed E-state index contributed by atoms with van der Waals surface area (Å²) in [4.78, 5) is 0. The van der Waals surface area contributed by atoms with Crippen molar-refractivity contribution in [3.63, 3.8) is 0 Å². The van der Waals surface area contributed by atoms with Crippen LogP contribution in [0.3, 0.4) is 0 Å². The van der Waals surface area contributed by atoms with Crippen LogP contribution < -0.4 is 11.1 Å². The molecule has 1 aliphatic rings. The molecule has 0 aliphatic heterocycles. The lowest BCUT2D eigenvalue weighted by atomic mass is 10.2. The van der Waals surface area contributed by atoms with E-state index in [1.54, 1.807) is 0 Å². The van der Waals surface area contributed by atoms with E-state index in [4.69, 9.17) is 5.73 Å². The molecule has 2 rings (SSSR count). The van der Waals surface area contributed by atoms with Crippen LogP contribution in [0.15, 0.2) is 24.3 Å². The van der Waals surface area contributed by atoms with Crippen LogP contribution in [0.4, 0.5) is 5.69 Å². The van der Waals surface area contributed by atoms with Gasteiger partial charge in [0.15, 0.2) is 0 Å². The van der Waals surface area contributed by atoms with Gasteiger partial charge in [0.05, 0.1) is 0 Å². The molecule has 0 bridgehead atoms. The van der Waals surface area contributed by atoms with Crippen LogP contribution in [-0.2, 0) is 6.54 Å². The molecule has 15 heavy (non-hydrogen) atoms. The Morgan fingerprint density at radius 2 is 2.07 bits per heavy atom. The molecule has 0 atom stereocenters. The van der Waals surface area contributed by atoms with Crippen LogP contribution in [-0.4, -0.2) is 6.54 Å². The van der Waals surface area contributed by atoms with Crippen molar-refractivity contribution < 1.29 is 0 Å². The number of para-hydroxylation sites is 1. The maximum atomic E-state index is 5.85. The number of rotatable bonds is 6. The van der Waals surface area contributed by atoms with E-state index in [-0.39, 0.29) is 0 Å². The number of benzene rings is 1. The fourth-order valence-corrected chi connectivity index (χ4v) is 1.84. The lowest BCUT2D eigenvalue weighted by Gasteiger charge is -2.06. The number of nitrogens with two attached hydrogens (primary N) is 1. The van der Waals surface area contributed by atoms with Gasteiger partial charge in [0.1, 0.15) is 0 Å². The fraction of sp³-hybridized carbons (Fsp3) is 0.538. The molecule has 0 saturated heterocycles. The number of hydrogen-bond acceptors (Lipinski definition) is 2. The van der Waals surface area contributed by atoms with Crippen molar-refractivity contribution in [1.82, 2.24) is 5.32 Å². The number of hydrogen-bond donors (Lipinski definition) is 2. The minimum Gasteiger partial charge on any atom is -0.398 e. The second-order valence-electron chi connectivity index (χ2n) is 4.46. The molecular formula is C13H20N2. The van der Waals surface area contributed by atoms with Crippen molar-refractivity contribution in [1.29, 1.82) is 0 Å². The van der Waals surface area contributed by atoms with Gasteiger partial charge in [0, 0.05) is 12.2 Å². The molecule has 0 heterocycles. The predicted octanol–water partition coefficient (Wildman–Crippen LogP) is 2.55. The van der Waals surface area contributed by atoms with Crippen LogP contribution in [0.25, 0.3) is 0 Å². The van der Waals surface area contributed by atoms with E-state index >= 15 is 0 Å². The summed E-state index contributed by atoms with van der Waals surface area (Å²) in [5.41, 5.74) is 7.96. The third-order valence-electron chi connectivity index (χ3n) is 3.03. The van der Waals surface area contributed by atoms with Crippen LogP contribution in [0.2, 0.25) is 0 Å². The van der Waals surface area contributed by atoms with E-state index in [0.29, 0.717) is 0 Å². The number of nitrogens with one attached hydrogen (secondary N) is 1. The van der Waals surface area contributed by atoms with Crippen LogP contribution in [0.1, 0.15) is 31.2 Å². The van der Waals surface area contributed by atoms with Gasteiger partial charge in [0.25, 0.3) is 0 Å². The molecule has 3 N–H and O–H groups in total. The minimum atomic E-state index is 0.896. The normalized spacial score (nSPS) is 15.5. The lowest BCUT2D eigenvalue weighted by Crippen LogP contribution is -2.15. The van der Waals surface area contributed by atoms with Crippen molar-refractivity contribution >= 4 is 5.69 Å². The van der Waals surface area contributed by atoms with Crippen molar-refractivity contribution in [3.8, 4) is 0 Å². The Bertz CT molecular complexity index is 305. The van der Waals surface area contributed by atoms with E-state index in [1.807, 2.05) is 18.2 Å². The quantitative estimate of drug-likeness (QED) is 0.552. The molecule has 1 saturated carbocycles. The van der Waals surface area contributed by atoms with E-state index in [2.05, 4.69) is 11.4 Å². The molecule has 0 radical (unpaired) electrons. The third kappa shape index (κ3) is 3.56. The summed E-state index contributed by atoms with van der Waals surface area (Å²) in [6.07, 6.45) is 5.63. The zero-order valence-electron chi connectivity index (χ0n) is 9.21. The Morgan fingerprint density at radius 1 is 1.27 bits per heavy atom. The molecular weight excluding hydrogens is 184 g/mol. The second-order valence-corrected chi connectivity index (χ2v) is 4.46. The van der Waals surface area contributed by atoms with Crippen molar-refractivity contribution in [2.24, 2.45) is 5.92 Å². The lowest BCUT2D eigenvalue weighted by molar-refractivity contribution is 0.594. The first-order chi connectivity index (χ1) is 7.36. The zero-order chi connectivity index (χ0) is 10.5. The smallest absolute Gasteiger partial charge is 0.0359 e. The summed E-state index contributed by atoms with van der Waals surface area (Å²) >= 11 is 0. The molecule has 2 heteroatoms. The van der Waals surface area contributed by atoms with Crippen LogP contribution in [0, 0.1) is 5.92 Å². The van der Waals surface area contributed by atoms with Crippen molar-refractivity contribution in [2.75, 3.05) is 12.3 Å². The average Bonchev–Trinajstić information content (AvgIpc) is 3.04. The first-order valence-corrected chi connectivity index (χ1v) is 5.90. The van der Waals surface area contributed by atoms with E-state index in [1.165, 1.54) is 31.2 Å². The summed E-state index contributed by atoms with van der Waals surface area (Å²) in [5, 5.41) is 3.45. The first kappa shape index (κ1) is 10.5. The van der Waals surface area contributed by atoms with Gasteiger partial charge >= 0.3 is 0 Å². The summed E-state index contributed by atoms with van der Waals surface area (Å²) in [7, 11) is 0. The molecule has 1 fully saturated rings. The maximum Gasteiger partial charge on any atom is 0.0359 e. The van der Waals surface area contributed by atoms with Gasteiger partial charge < -0.3 is 11.1 Å². The van der Waals surface area contributed by atoms with Crippen molar-refractivity contribution in [2.45, 2.75) is 32.2 Å². The largest absolute Gasteiger partial charge is 0.398 e. The Balaban J connectivity index is 1.62. The fourth-order valence-electron chi connectivity index (χ4n) is 1.84. The summed E-state index contributed by atoms with van der Waals surface area (Å²) in [5.74, 6) is 1.05. The first-order valence-electron chi connectivity index (χ1n) is 5.90. The highest BCUT2D eigenvalue weighted by atomic mass is 14.8. The standard InChI is InChI=1S/C13H20N2/c14-13-6-2-1-5-12(13)10-15-9-3-4-11-7-8-11/h1-2,5-6,11,15H,3-4,7-10,14H2. The Morgan fingerprint density at radius 3 is 2.80 bits per heavy atom. The van der Waals surface area contributed by atoms with Gasteiger partial charge in [-0.3, -0.25) is 0 Å². The van der Waals surface area contributed by atoms with Gasteiger partial charge in [-0.05, 0) is 36.9 Å². The molecule has 0 spiro atoms. The molecule has 0 aromatic heterocycles. The number of nitrogen functional groups attached to an aromatic ring is 1. The van der Waals surface area contributed by atoms with Crippen molar-refractivity contribution in [3.05, 3.63) is 29.8 Å². The van der Waals surface area contributed by atoms with Gasteiger partial charge in [-0.1, -0.05) is 31.0 Å². The molecule has 0 unspecified atom stereocenters. The second kappa shape index (κ2) is 5.17. The third-order valence-corrected chi connectivity index (χ3v) is 3.03. The van der Waals surface area contributed by atoms with Crippen LogP contribution in [0.5, 0.6) is 0 Å². The molecule has 82 valence electrons. The molecule has 2 nitrogen and oxygen atoms in total. The van der Waals surface area contributed by atoms with Gasteiger partial charge in [-0.15, -0.1) is 0 Å². The highest BCUT2D eigenvalue weighted by molar-refractivity contribution is 5.46. The summed E-state index contributed by atoms with van der Waals surface area (Å²) in [6, 6.07) is 8.06. The van der Waals surface area contributed by atoms with E-state index in [9.17, 15) is 0 Å². The Hall–Kier alpha value is -1.02. The van der Waals surface area contributed by atoms with Crippen LogP contribution >= 0.6 is 0 Å². The Labute approximate surface area is 91.9 Å².